The number of benzene rings is 1. The van der Waals surface area contributed by atoms with Gasteiger partial charge in [-0.2, -0.15) is 0 Å². The Hall–Kier alpha value is -2.06. The Balaban J connectivity index is 1.92. The Morgan fingerprint density at radius 3 is 2.75 bits per heavy atom. The molecule has 2 amide bonds. The van der Waals surface area contributed by atoms with Gasteiger partial charge in [-0.25, -0.2) is 4.98 Å². The first-order valence-corrected chi connectivity index (χ1v) is 9.40. The maximum atomic E-state index is 12.2. The molecule has 2 N–H and O–H groups in total. The van der Waals surface area contributed by atoms with Crippen molar-refractivity contribution in [1.29, 1.82) is 0 Å². The van der Waals surface area contributed by atoms with E-state index >= 15 is 0 Å². The van der Waals surface area contributed by atoms with Crippen molar-refractivity contribution in [2.75, 3.05) is 24.7 Å². The smallest absolute Gasteiger partial charge is 0.255 e. The van der Waals surface area contributed by atoms with Crippen molar-refractivity contribution in [2.24, 2.45) is 0 Å². The molecular formula is C16H19N3O3S2. The summed E-state index contributed by atoms with van der Waals surface area (Å²) in [7, 11) is 0. The number of aromatic nitrogens is 1. The fourth-order valence-corrected chi connectivity index (χ4v) is 3.61. The van der Waals surface area contributed by atoms with E-state index in [0.717, 1.165) is 9.90 Å². The van der Waals surface area contributed by atoms with Crippen LogP contribution in [0.5, 0.6) is 5.75 Å². The van der Waals surface area contributed by atoms with Crippen molar-refractivity contribution in [3.05, 3.63) is 35.5 Å². The van der Waals surface area contributed by atoms with E-state index in [1.165, 1.54) is 11.3 Å². The first kappa shape index (κ1) is 18.3. The highest BCUT2D eigenvalue weighted by atomic mass is 32.2. The average molecular weight is 365 g/mol. The topological polar surface area (TPSA) is 80.3 Å². The molecule has 128 valence electrons. The molecule has 0 saturated carbocycles. The number of rotatable bonds is 7. The van der Waals surface area contributed by atoms with Gasteiger partial charge in [-0.05, 0) is 32.2 Å². The number of thiazole rings is 1. The van der Waals surface area contributed by atoms with Crippen molar-refractivity contribution in [3.63, 3.8) is 0 Å². The maximum Gasteiger partial charge on any atom is 0.255 e. The predicted molar refractivity (Wildman–Crippen MR) is 97.2 cm³/mol. The molecule has 0 aliphatic heterocycles. The third-order valence-electron chi connectivity index (χ3n) is 3.03. The lowest BCUT2D eigenvalue weighted by atomic mass is 10.2. The number of nitrogens with zero attached hydrogens (tertiary/aromatic N) is 1. The van der Waals surface area contributed by atoms with E-state index in [2.05, 4.69) is 15.6 Å². The Labute approximate surface area is 149 Å². The number of nitrogens with one attached hydrogen (secondary N) is 2. The van der Waals surface area contributed by atoms with Gasteiger partial charge in [0.15, 0.2) is 5.13 Å². The SMILES string of the molecule is CCOc1ccccc1C(=O)NCC(=O)Nc1nc(C)c(SC)s1. The second-order valence-corrected chi connectivity index (χ2v) is 6.83. The molecule has 0 radical (unpaired) electrons. The molecule has 24 heavy (non-hydrogen) atoms. The minimum Gasteiger partial charge on any atom is -0.493 e. The van der Waals surface area contributed by atoms with Crippen molar-refractivity contribution >= 4 is 40.0 Å². The lowest BCUT2D eigenvalue weighted by Crippen LogP contribution is -2.33. The average Bonchev–Trinajstić information content (AvgIpc) is 2.93. The van der Waals surface area contributed by atoms with Crippen LogP contribution in [0.15, 0.2) is 28.5 Å². The molecule has 6 nitrogen and oxygen atoms in total. The number of anilines is 1. The Morgan fingerprint density at radius 1 is 1.33 bits per heavy atom. The molecule has 0 aliphatic rings. The van der Waals surface area contributed by atoms with E-state index in [-0.39, 0.29) is 18.4 Å². The molecule has 0 atom stereocenters. The molecule has 2 rings (SSSR count). The third-order valence-corrected chi connectivity index (χ3v) is 5.31. The van der Waals surface area contributed by atoms with Crippen LogP contribution in [-0.4, -0.2) is 36.2 Å². The minimum atomic E-state index is -0.352. The second kappa shape index (κ2) is 8.70. The van der Waals surface area contributed by atoms with Crippen LogP contribution < -0.4 is 15.4 Å². The van der Waals surface area contributed by atoms with Crippen molar-refractivity contribution in [2.45, 2.75) is 18.1 Å². The van der Waals surface area contributed by atoms with Crippen molar-refractivity contribution in [3.8, 4) is 5.75 Å². The van der Waals surface area contributed by atoms with Crippen LogP contribution in [0, 0.1) is 6.92 Å². The fraction of sp³-hybridized carbons (Fsp3) is 0.312. The molecular weight excluding hydrogens is 346 g/mol. The van der Waals surface area contributed by atoms with Crippen LogP contribution in [0.1, 0.15) is 23.0 Å². The summed E-state index contributed by atoms with van der Waals surface area (Å²) in [5, 5.41) is 5.82. The monoisotopic (exact) mass is 365 g/mol. The summed E-state index contributed by atoms with van der Waals surface area (Å²) in [6.45, 7) is 4.07. The number of aryl methyl sites for hydroxylation is 1. The highest BCUT2D eigenvalue weighted by molar-refractivity contribution is 8.00. The molecule has 0 unspecified atom stereocenters. The van der Waals surface area contributed by atoms with Crippen LogP contribution in [-0.2, 0) is 4.79 Å². The van der Waals surface area contributed by atoms with E-state index < -0.39 is 0 Å². The van der Waals surface area contributed by atoms with Gasteiger partial charge in [-0.3, -0.25) is 9.59 Å². The molecule has 0 saturated heterocycles. The number of carbonyl (C=O) groups excluding carboxylic acids is 2. The highest BCUT2D eigenvalue weighted by Crippen LogP contribution is 2.30. The van der Waals surface area contributed by atoms with Gasteiger partial charge in [0.05, 0.1) is 28.6 Å². The molecule has 0 bridgehead atoms. The standard InChI is InChI=1S/C16H19N3O3S2/c1-4-22-12-8-6-5-7-11(12)14(21)17-9-13(20)19-16-18-10(2)15(23-3)24-16/h5-8H,4,9H2,1-3H3,(H,17,21)(H,18,19,20). The predicted octanol–water partition coefficient (Wildman–Crippen LogP) is 2.94. The number of hydrogen-bond donors (Lipinski definition) is 2. The number of para-hydroxylation sites is 1. The van der Waals surface area contributed by atoms with E-state index in [0.29, 0.717) is 23.1 Å². The normalized spacial score (nSPS) is 10.3. The number of thioether (sulfide) groups is 1. The maximum absolute atomic E-state index is 12.2. The van der Waals surface area contributed by atoms with Gasteiger partial charge in [0.25, 0.3) is 5.91 Å². The van der Waals surface area contributed by atoms with Crippen LogP contribution in [0.25, 0.3) is 0 Å². The number of carbonyl (C=O) groups is 2. The fourth-order valence-electron chi connectivity index (χ4n) is 1.98. The molecule has 1 aromatic carbocycles. The summed E-state index contributed by atoms with van der Waals surface area (Å²) in [5.41, 5.74) is 1.29. The summed E-state index contributed by atoms with van der Waals surface area (Å²) < 4.78 is 6.47. The van der Waals surface area contributed by atoms with Crippen LogP contribution in [0.2, 0.25) is 0 Å². The summed E-state index contributed by atoms with van der Waals surface area (Å²) in [5.74, 6) is -0.175. The highest BCUT2D eigenvalue weighted by Gasteiger charge is 2.14. The van der Waals surface area contributed by atoms with Crippen molar-refractivity contribution < 1.29 is 14.3 Å². The number of hydrogen-bond acceptors (Lipinski definition) is 6. The molecule has 0 fully saturated rings. The molecule has 1 heterocycles. The molecule has 1 aromatic heterocycles. The largest absolute Gasteiger partial charge is 0.493 e. The van der Waals surface area contributed by atoms with Gasteiger partial charge < -0.3 is 15.4 Å². The lowest BCUT2D eigenvalue weighted by molar-refractivity contribution is -0.115. The molecule has 8 heteroatoms. The molecule has 0 spiro atoms. The van der Waals surface area contributed by atoms with E-state index in [1.807, 2.05) is 20.1 Å². The Bertz CT molecular complexity index is 731. The first-order valence-electron chi connectivity index (χ1n) is 7.36. The van der Waals surface area contributed by atoms with Crippen LogP contribution in [0.4, 0.5) is 5.13 Å². The quantitative estimate of drug-likeness (QED) is 0.738. The van der Waals surface area contributed by atoms with Gasteiger partial charge >= 0.3 is 0 Å². The number of amides is 2. The summed E-state index contributed by atoms with van der Waals surface area (Å²) in [4.78, 5) is 28.5. The van der Waals surface area contributed by atoms with Gasteiger partial charge in [-0.15, -0.1) is 11.8 Å². The lowest BCUT2D eigenvalue weighted by Gasteiger charge is -2.10. The molecule has 2 aromatic rings. The molecule has 0 aliphatic carbocycles. The summed E-state index contributed by atoms with van der Waals surface area (Å²) in [6, 6.07) is 6.93. The zero-order chi connectivity index (χ0) is 17.5. The van der Waals surface area contributed by atoms with E-state index in [4.69, 9.17) is 4.74 Å². The zero-order valence-electron chi connectivity index (χ0n) is 13.7. The van der Waals surface area contributed by atoms with Gasteiger partial charge in [0.2, 0.25) is 5.91 Å². The van der Waals surface area contributed by atoms with E-state index in [9.17, 15) is 9.59 Å². The van der Waals surface area contributed by atoms with Gasteiger partial charge in [0, 0.05) is 0 Å². The van der Waals surface area contributed by atoms with Gasteiger partial charge in [-0.1, -0.05) is 23.5 Å². The Kier molecular flexibility index (Phi) is 6.62. The van der Waals surface area contributed by atoms with E-state index in [1.54, 1.807) is 36.0 Å². The first-order chi connectivity index (χ1) is 11.5. The minimum absolute atomic E-state index is 0.132. The second-order valence-electron chi connectivity index (χ2n) is 4.76. The van der Waals surface area contributed by atoms with Crippen LogP contribution >= 0.6 is 23.1 Å². The Morgan fingerprint density at radius 2 is 2.08 bits per heavy atom. The summed E-state index contributed by atoms with van der Waals surface area (Å²) in [6.07, 6.45) is 1.96. The number of ether oxygens (including phenoxy) is 1. The third kappa shape index (κ3) is 4.72. The zero-order valence-corrected chi connectivity index (χ0v) is 15.3. The van der Waals surface area contributed by atoms with Gasteiger partial charge in [0.1, 0.15) is 5.75 Å². The van der Waals surface area contributed by atoms with Crippen molar-refractivity contribution in [1.82, 2.24) is 10.3 Å². The summed E-state index contributed by atoms with van der Waals surface area (Å²) >= 11 is 3.00. The van der Waals surface area contributed by atoms with Crippen LogP contribution in [0.3, 0.4) is 0 Å².